The molecule has 0 aliphatic carbocycles. The average Bonchev–Trinajstić information content (AvgIpc) is 3.05. The lowest BCUT2D eigenvalue weighted by molar-refractivity contribution is -0.125. The minimum atomic E-state index is -3.82. The summed E-state index contributed by atoms with van der Waals surface area (Å²) in [6.07, 6.45) is 0. The van der Waals surface area contributed by atoms with E-state index in [1.165, 1.54) is 0 Å². The number of benzene rings is 2. The van der Waals surface area contributed by atoms with Gasteiger partial charge in [0.05, 0.1) is 5.92 Å². The fourth-order valence-corrected chi connectivity index (χ4v) is 4.60. The van der Waals surface area contributed by atoms with Crippen LogP contribution in [0.25, 0.3) is 0 Å². The normalized spacial score (nSPS) is 22.4. The van der Waals surface area contributed by atoms with Crippen LogP contribution in [0.4, 0.5) is 5.69 Å². The summed E-state index contributed by atoms with van der Waals surface area (Å²) in [6.45, 7) is 4.05. The fraction of sp³-hybridized carbons (Fsp3) is 0.316. The third-order valence-corrected chi connectivity index (χ3v) is 6.18. The molecule has 1 aliphatic rings. The highest BCUT2D eigenvalue weighted by Crippen LogP contribution is 2.22. The van der Waals surface area contributed by atoms with Gasteiger partial charge in [-0.2, -0.15) is 0 Å². The molecule has 0 spiro atoms. The second-order valence-electron chi connectivity index (χ2n) is 6.74. The van der Waals surface area contributed by atoms with E-state index < -0.39 is 21.3 Å². The summed E-state index contributed by atoms with van der Waals surface area (Å²) in [5, 5.41) is 1.75. The van der Waals surface area contributed by atoms with Crippen molar-refractivity contribution < 1.29 is 13.2 Å². The van der Waals surface area contributed by atoms with Gasteiger partial charge < -0.3 is 5.32 Å². The Balaban J connectivity index is 1.71. The minimum absolute atomic E-state index is 0.317. The Morgan fingerprint density at radius 2 is 1.70 bits per heavy atom. The number of amides is 1. The molecule has 2 aromatic carbocycles. The van der Waals surface area contributed by atoms with Crippen LogP contribution in [-0.2, 0) is 21.4 Å². The Hall–Kier alpha value is -2.42. The van der Waals surface area contributed by atoms with E-state index in [1.54, 1.807) is 19.1 Å². The standard InChI is InChI=1S/C19H24N4O3S/c1-13-8-10-16(11-9-13)23-27(25,26)19-17(14(2)21-22-19)18(24)20-12-15-6-4-3-5-7-15/h3-11,14,17,19,21-23H,12H2,1-2H3,(H,20,24). The number of carbonyl (C=O) groups excluding carboxylic acids is 1. The Morgan fingerprint density at radius 3 is 2.37 bits per heavy atom. The molecule has 1 heterocycles. The smallest absolute Gasteiger partial charge is 0.250 e. The first-order valence-corrected chi connectivity index (χ1v) is 10.3. The molecule has 144 valence electrons. The quantitative estimate of drug-likeness (QED) is 0.601. The van der Waals surface area contributed by atoms with Crippen LogP contribution in [0.1, 0.15) is 18.1 Å². The lowest BCUT2D eigenvalue weighted by atomic mass is 10.0. The number of nitrogens with one attached hydrogen (secondary N) is 4. The summed E-state index contributed by atoms with van der Waals surface area (Å²) in [5.41, 5.74) is 8.07. The Kier molecular flexibility index (Phi) is 5.79. The average molecular weight is 388 g/mol. The lowest BCUT2D eigenvalue weighted by Gasteiger charge is -2.21. The number of hydrogen-bond donors (Lipinski definition) is 4. The predicted octanol–water partition coefficient (Wildman–Crippen LogP) is 1.49. The van der Waals surface area contributed by atoms with E-state index >= 15 is 0 Å². The van der Waals surface area contributed by atoms with Gasteiger partial charge in [0.25, 0.3) is 10.0 Å². The second kappa shape index (κ2) is 8.08. The molecule has 3 unspecified atom stereocenters. The highest BCUT2D eigenvalue weighted by molar-refractivity contribution is 7.93. The van der Waals surface area contributed by atoms with E-state index in [-0.39, 0.29) is 11.9 Å². The van der Waals surface area contributed by atoms with E-state index in [2.05, 4.69) is 20.9 Å². The first-order valence-electron chi connectivity index (χ1n) is 8.78. The molecule has 0 radical (unpaired) electrons. The maximum atomic E-state index is 12.8. The molecule has 27 heavy (non-hydrogen) atoms. The van der Waals surface area contributed by atoms with Gasteiger partial charge in [-0.15, -0.1) is 0 Å². The van der Waals surface area contributed by atoms with Crippen molar-refractivity contribution in [2.75, 3.05) is 4.72 Å². The van der Waals surface area contributed by atoms with Crippen LogP contribution in [0.15, 0.2) is 54.6 Å². The molecule has 7 nitrogen and oxygen atoms in total. The van der Waals surface area contributed by atoms with Crippen LogP contribution in [0.2, 0.25) is 0 Å². The van der Waals surface area contributed by atoms with E-state index in [0.29, 0.717) is 12.2 Å². The van der Waals surface area contributed by atoms with Crippen molar-refractivity contribution in [2.24, 2.45) is 5.92 Å². The molecule has 3 rings (SSSR count). The van der Waals surface area contributed by atoms with E-state index in [4.69, 9.17) is 0 Å². The summed E-state index contributed by atoms with van der Waals surface area (Å²) in [4.78, 5) is 12.7. The van der Waals surface area contributed by atoms with Crippen LogP contribution in [0.3, 0.4) is 0 Å². The summed E-state index contributed by atoms with van der Waals surface area (Å²) >= 11 is 0. The largest absolute Gasteiger partial charge is 0.352 e. The molecule has 4 N–H and O–H groups in total. The third kappa shape index (κ3) is 4.65. The Labute approximate surface area is 159 Å². The minimum Gasteiger partial charge on any atom is -0.352 e. The molecular weight excluding hydrogens is 364 g/mol. The fourth-order valence-electron chi connectivity index (χ4n) is 3.04. The van der Waals surface area contributed by atoms with Gasteiger partial charge in [0.1, 0.15) is 0 Å². The summed E-state index contributed by atoms with van der Waals surface area (Å²) in [7, 11) is -3.82. The van der Waals surface area contributed by atoms with Crippen LogP contribution >= 0.6 is 0 Å². The van der Waals surface area contributed by atoms with E-state index in [9.17, 15) is 13.2 Å². The number of rotatable bonds is 6. The maximum Gasteiger partial charge on any atom is 0.250 e. The zero-order chi connectivity index (χ0) is 19.4. The topological polar surface area (TPSA) is 99.3 Å². The number of hydrogen-bond acceptors (Lipinski definition) is 5. The third-order valence-electron chi connectivity index (χ3n) is 4.58. The van der Waals surface area contributed by atoms with Crippen LogP contribution in [-0.4, -0.2) is 25.7 Å². The molecule has 1 fully saturated rings. The van der Waals surface area contributed by atoms with Crippen molar-refractivity contribution in [2.45, 2.75) is 31.8 Å². The van der Waals surface area contributed by atoms with Gasteiger partial charge in [0, 0.05) is 18.3 Å². The number of aryl methyl sites for hydroxylation is 1. The number of sulfonamides is 1. The summed E-state index contributed by atoms with van der Waals surface area (Å²) < 4.78 is 28.2. The van der Waals surface area contributed by atoms with Crippen LogP contribution < -0.4 is 20.9 Å². The molecule has 0 saturated carbocycles. The molecule has 2 aromatic rings. The van der Waals surface area contributed by atoms with Crippen molar-refractivity contribution in [3.8, 4) is 0 Å². The van der Waals surface area contributed by atoms with Crippen molar-refractivity contribution in [3.63, 3.8) is 0 Å². The molecule has 1 saturated heterocycles. The van der Waals surface area contributed by atoms with Crippen LogP contribution in [0, 0.1) is 12.8 Å². The second-order valence-corrected chi connectivity index (χ2v) is 8.54. The molecule has 1 aliphatic heterocycles. The molecule has 0 aromatic heterocycles. The van der Waals surface area contributed by atoms with Gasteiger partial charge in [0.15, 0.2) is 5.37 Å². The monoisotopic (exact) mass is 388 g/mol. The summed E-state index contributed by atoms with van der Waals surface area (Å²) in [6, 6.07) is 16.2. The summed E-state index contributed by atoms with van der Waals surface area (Å²) in [5.74, 6) is -1.08. The molecule has 0 bridgehead atoms. The number of carbonyl (C=O) groups is 1. The lowest BCUT2D eigenvalue weighted by Crippen LogP contribution is -2.47. The van der Waals surface area contributed by atoms with E-state index in [0.717, 1.165) is 11.1 Å². The van der Waals surface area contributed by atoms with E-state index in [1.807, 2.05) is 49.4 Å². The van der Waals surface area contributed by atoms with Gasteiger partial charge in [-0.25, -0.2) is 13.8 Å². The van der Waals surface area contributed by atoms with Crippen molar-refractivity contribution in [1.82, 2.24) is 16.2 Å². The molecule has 3 atom stereocenters. The van der Waals surface area contributed by atoms with Gasteiger partial charge in [-0.1, -0.05) is 48.0 Å². The predicted molar refractivity (Wildman–Crippen MR) is 105 cm³/mol. The van der Waals surface area contributed by atoms with Gasteiger partial charge in [-0.05, 0) is 31.5 Å². The first-order chi connectivity index (χ1) is 12.9. The highest BCUT2D eigenvalue weighted by Gasteiger charge is 2.45. The Bertz CT molecular complexity index is 885. The van der Waals surface area contributed by atoms with Crippen molar-refractivity contribution >= 4 is 21.6 Å². The maximum absolute atomic E-state index is 12.8. The van der Waals surface area contributed by atoms with Gasteiger partial charge in [-0.3, -0.25) is 14.9 Å². The van der Waals surface area contributed by atoms with Gasteiger partial charge in [0.2, 0.25) is 5.91 Å². The zero-order valence-corrected chi connectivity index (χ0v) is 16.1. The molecule has 1 amide bonds. The zero-order valence-electron chi connectivity index (χ0n) is 15.3. The van der Waals surface area contributed by atoms with Gasteiger partial charge >= 0.3 is 0 Å². The molecular formula is C19H24N4O3S. The number of anilines is 1. The van der Waals surface area contributed by atoms with Crippen molar-refractivity contribution in [3.05, 3.63) is 65.7 Å². The first kappa shape index (κ1) is 19.3. The highest BCUT2D eigenvalue weighted by atomic mass is 32.2. The SMILES string of the molecule is Cc1ccc(NS(=O)(=O)C2NNC(C)C2C(=O)NCc2ccccc2)cc1. The number of hydrazine groups is 1. The molecule has 8 heteroatoms. The Morgan fingerprint density at radius 1 is 1.04 bits per heavy atom. The van der Waals surface area contributed by atoms with Crippen LogP contribution in [0.5, 0.6) is 0 Å². The van der Waals surface area contributed by atoms with Crippen molar-refractivity contribution in [1.29, 1.82) is 0 Å².